The van der Waals surface area contributed by atoms with E-state index in [1.54, 1.807) is 24.3 Å². The molecule has 2 aromatic carbocycles. The van der Waals surface area contributed by atoms with Crippen molar-refractivity contribution in [2.45, 2.75) is 23.1 Å². The molecule has 0 saturated heterocycles. The number of benzene rings is 2. The van der Waals surface area contributed by atoms with Gasteiger partial charge in [0.2, 0.25) is 0 Å². The van der Waals surface area contributed by atoms with E-state index in [0.29, 0.717) is 0 Å². The predicted octanol–water partition coefficient (Wildman–Crippen LogP) is 3.91. The molecule has 2 atom stereocenters. The first kappa shape index (κ1) is 15.5. The van der Waals surface area contributed by atoms with E-state index in [0.717, 1.165) is 10.5 Å². The highest BCUT2D eigenvalue weighted by molar-refractivity contribution is 8.00. The average Bonchev–Trinajstić information content (AvgIpc) is 2.47. The molecule has 0 radical (unpaired) electrons. The van der Waals surface area contributed by atoms with E-state index in [1.807, 2.05) is 6.92 Å². The second kappa shape index (κ2) is 6.69. The predicted molar refractivity (Wildman–Crippen MR) is 81.7 cm³/mol. The highest BCUT2D eigenvalue weighted by Gasteiger charge is 2.16. The Labute approximate surface area is 126 Å². The number of nitro benzene ring substituents is 1. The van der Waals surface area contributed by atoms with Crippen LogP contribution in [-0.2, 0) is 0 Å². The molecule has 0 spiro atoms. The van der Waals surface area contributed by atoms with E-state index in [9.17, 15) is 14.5 Å². The molecule has 0 aromatic heterocycles. The summed E-state index contributed by atoms with van der Waals surface area (Å²) in [7, 11) is 0. The summed E-state index contributed by atoms with van der Waals surface area (Å²) >= 11 is 1.53. The van der Waals surface area contributed by atoms with Crippen molar-refractivity contribution in [3.63, 3.8) is 0 Å². The Hall–Kier alpha value is -1.92. The molecule has 0 bridgehead atoms. The number of non-ortho nitro benzene ring substituents is 1. The largest absolute Gasteiger partial charge is 0.323 e. The van der Waals surface area contributed by atoms with Gasteiger partial charge < -0.3 is 5.73 Å². The lowest BCUT2D eigenvalue weighted by molar-refractivity contribution is -0.384. The molecule has 0 saturated carbocycles. The van der Waals surface area contributed by atoms with Gasteiger partial charge in [-0.15, -0.1) is 11.8 Å². The highest BCUT2D eigenvalue weighted by Crippen LogP contribution is 2.31. The van der Waals surface area contributed by atoms with Gasteiger partial charge in [0.1, 0.15) is 5.82 Å². The van der Waals surface area contributed by atoms with Crippen molar-refractivity contribution in [1.82, 2.24) is 0 Å². The van der Waals surface area contributed by atoms with Gasteiger partial charge in [-0.1, -0.05) is 19.1 Å². The molecule has 2 aromatic rings. The molecular formula is C15H15FN2O2S. The van der Waals surface area contributed by atoms with Crippen molar-refractivity contribution in [2.24, 2.45) is 5.73 Å². The first-order valence-corrected chi connectivity index (χ1v) is 7.27. The summed E-state index contributed by atoms with van der Waals surface area (Å²) in [6.45, 7) is 1.97. The normalized spacial score (nSPS) is 13.7. The van der Waals surface area contributed by atoms with E-state index in [2.05, 4.69) is 0 Å². The molecule has 0 aliphatic rings. The molecule has 6 heteroatoms. The van der Waals surface area contributed by atoms with Gasteiger partial charge in [0.25, 0.3) is 5.69 Å². The van der Waals surface area contributed by atoms with Gasteiger partial charge in [-0.05, 0) is 29.8 Å². The minimum Gasteiger partial charge on any atom is -0.323 e. The quantitative estimate of drug-likeness (QED) is 0.516. The molecule has 0 fully saturated rings. The van der Waals surface area contributed by atoms with Crippen LogP contribution in [0.5, 0.6) is 0 Å². The standard InChI is InChI=1S/C15H15FN2O2S/c1-10(15(17)11-2-4-12(16)5-3-11)21-14-8-6-13(7-9-14)18(19)20/h2-10,15H,17H2,1H3. The summed E-state index contributed by atoms with van der Waals surface area (Å²) in [5.74, 6) is -0.290. The molecule has 110 valence electrons. The van der Waals surface area contributed by atoms with E-state index in [-0.39, 0.29) is 22.8 Å². The van der Waals surface area contributed by atoms with Crippen LogP contribution in [0.2, 0.25) is 0 Å². The minimum absolute atomic E-state index is 0.0527. The van der Waals surface area contributed by atoms with Crippen LogP contribution in [0.25, 0.3) is 0 Å². The van der Waals surface area contributed by atoms with Gasteiger partial charge in [-0.25, -0.2) is 4.39 Å². The second-order valence-electron chi connectivity index (χ2n) is 4.65. The van der Waals surface area contributed by atoms with E-state index in [4.69, 9.17) is 5.73 Å². The average molecular weight is 306 g/mol. The van der Waals surface area contributed by atoms with Gasteiger partial charge in [0.05, 0.1) is 4.92 Å². The van der Waals surface area contributed by atoms with Crippen LogP contribution in [0.15, 0.2) is 53.4 Å². The van der Waals surface area contributed by atoms with Crippen molar-refractivity contribution in [1.29, 1.82) is 0 Å². The summed E-state index contributed by atoms with van der Waals surface area (Å²) in [5.41, 5.74) is 7.09. The van der Waals surface area contributed by atoms with E-state index in [1.165, 1.54) is 36.0 Å². The number of rotatable bonds is 5. The lowest BCUT2D eigenvalue weighted by Crippen LogP contribution is -2.21. The Kier molecular flexibility index (Phi) is 4.93. The maximum atomic E-state index is 12.9. The number of hydrogen-bond donors (Lipinski definition) is 1. The number of nitrogens with two attached hydrogens (primary N) is 1. The number of hydrogen-bond acceptors (Lipinski definition) is 4. The maximum absolute atomic E-state index is 12.9. The van der Waals surface area contributed by atoms with Gasteiger partial charge >= 0.3 is 0 Å². The fourth-order valence-corrected chi connectivity index (χ4v) is 2.92. The number of nitrogens with zero attached hydrogens (tertiary/aromatic N) is 1. The zero-order valence-electron chi connectivity index (χ0n) is 11.4. The van der Waals surface area contributed by atoms with Crippen molar-refractivity contribution in [3.05, 3.63) is 70.0 Å². The van der Waals surface area contributed by atoms with Crippen LogP contribution in [0.3, 0.4) is 0 Å². The summed E-state index contributed by atoms with van der Waals surface area (Å²) in [6.07, 6.45) is 0. The Morgan fingerprint density at radius 1 is 1.14 bits per heavy atom. The van der Waals surface area contributed by atoms with E-state index >= 15 is 0 Å². The first-order chi connectivity index (χ1) is 9.97. The Bertz CT molecular complexity index is 617. The van der Waals surface area contributed by atoms with Crippen LogP contribution in [-0.4, -0.2) is 10.2 Å². The molecule has 21 heavy (non-hydrogen) atoms. The third-order valence-corrected chi connectivity index (χ3v) is 4.34. The van der Waals surface area contributed by atoms with Gasteiger partial charge in [-0.3, -0.25) is 10.1 Å². The van der Waals surface area contributed by atoms with Crippen molar-refractivity contribution >= 4 is 17.4 Å². The highest BCUT2D eigenvalue weighted by atomic mass is 32.2. The molecule has 0 heterocycles. The molecule has 0 aliphatic carbocycles. The molecular weight excluding hydrogens is 291 g/mol. The lowest BCUT2D eigenvalue weighted by Gasteiger charge is -2.19. The molecule has 0 amide bonds. The Morgan fingerprint density at radius 2 is 1.71 bits per heavy atom. The van der Waals surface area contributed by atoms with Gasteiger partial charge in [-0.2, -0.15) is 0 Å². The summed E-state index contributed by atoms with van der Waals surface area (Å²) in [6, 6.07) is 12.2. The Morgan fingerprint density at radius 3 is 2.24 bits per heavy atom. The summed E-state index contributed by atoms with van der Waals surface area (Å²) < 4.78 is 12.9. The molecule has 4 nitrogen and oxygen atoms in total. The molecule has 0 aliphatic heterocycles. The van der Waals surface area contributed by atoms with Crippen LogP contribution >= 0.6 is 11.8 Å². The lowest BCUT2D eigenvalue weighted by atomic mass is 10.1. The zero-order valence-corrected chi connectivity index (χ0v) is 12.2. The van der Waals surface area contributed by atoms with Crippen LogP contribution in [0.4, 0.5) is 10.1 Å². The van der Waals surface area contributed by atoms with Gasteiger partial charge in [0, 0.05) is 28.3 Å². The summed E-state index contributed by atoms with van der Waals surface area (Å²) in [5, 5.41) is 10.7. The van der Waals surface area contributed by atoms with E-state index < -0.39 is 4.92 Å². The molecule has 2 rings (SSSR count). The minimum atomic E-state index is -0.428. The fraction of sp³-hybridized carbons (Fsp3) is 0.200. The van der Waals surface area contributed by atoms with Crippen LogP contribution in [0.1, 0.15) is 18.5 Å². The van der Waals surface area contributed by atoms with Gasteiger partial charge in [0.15, 0.2) is 0 Å². The van der Waals surface area contributed by atoms with Crippen LogP contribution < -0.4 is 5.73 Å². The topological polar surface area (TPSA) is 69.2 Å². The monoisotopic (exact) mass is 306 g/mol. The first-order valence-electron chi connectivity index (χ1n) is 6.39. The number of thioether (sulfide) groups is 1. The molecule has 2 unspecified atom stereocenters. The zero-order chi connectivity index (χ0) is 15.4. The number of halogens is 1. The fourth-order valence-electron chi connectivity index (χ4n) is 1.89. The SMILES string of the molecule is CC(Sc1ccc([N+](=O)[O-])cc1)C(N)c1ccc(F)cc1. The molecule has 2 N–H and O–H groups in total. The third kappa shape index (κ3) is 4.03. The Balaban J connectivity index is 2.04. The smallest absolute Gasteiger partial charge is 0.269 e. The maximum Gasteiger partial charge on any atom is 0.269 e. The van der Waals surface area contributed by atoms with Crippen molar-refractivity contribution in [2.75, 3.05) is 0 Å². The second-order valence-corrected chi connectivity index (χ2v) is 6.10. The van der Waals surface area contributed by atoms with Crippen molar-refractivity contribution < 1.29 is 9.31 Å². The van der Waals surface area contributed by atoms with Crippen LogP contribution in [0, 0.1) is 15.9 Å². The summed E-state index contributed by atoms with van der Waals surface area (Å²) in [4.78, 5) is 11.1. The number of nitro groups is 1. The van der Waals surface area contributed by atoms with Crippen molar-refractivity contribution in [3.8, 4) is 0 Å². The third-order valence-electron chi connectivity index (χ3n) is 3.13.